The molecule has 1 amide bonds. The highest BCUT2D eigenvalue weighted by Gasteiger charge is 2.30. The van der Waals surface area contributed by atoms with Gasteiger partial charge in [0.15, 0.2) is 0 Å². The third-order valence-corrected chi connectivity index (χ3v) is 3.64. The molecule has 1 saturated heterocycles. The lowest BCUT2D eigenvalue weighted by Crippen LogP contribution is -2.49. The maximum absolute atomic E-state index is 12.7. The van der Waals surface area contributed by atoms with E-state index in [9.17, 15) is 4.79 Å². The summed E-state index contributed by atoms with van der Waals surface area (Å²) in [6, 6.07) is 9.83. The standard InChI is InChI=1S/C15H23N3O/c1-17(2)14(12-7-4-3-5-8-12)15(19)18-10-6-9-13(16)11-18/h3-5,7-8,13-14H,6,9-11,16H2,1-2H3. The molecule has 2 N–H and O–H groups in total. The van der Waals surface area contributed by atoms with Gasteiger partial charge in [-0.05, 0) is 32.5 Å². The number of likely N-dealkylation sites (N-methyl/N-ethyl adjacent to an activating group) is 1. The normalized spacial score (nSPS) is 21.5. The second-order valence-electron chi connectivity index (χ2n) is 5.46. The van der Waals surface area contributed by atoms with E-state index in [1.54, 1.807) is 0 Å². The molecule has 2 unspecified atom stereocenters. The number of amides is 1. The maximum Gasteiger partial charge on any atom is 0.244 e. The number of hydrogen-bond acceptors (Lipinski definition) is 3. The van der Waals surface area contributed by atoms with Crippen molar-refractivity contribution in [3.05, 3.63) is 35.9 Å². The van der Waals surface area contributed by atoms with Crippen LogP contribution in [0, 0.1) is 0 Å². The van der Waals surface area contributed by atoms with Crippen molar-refractivity contribution in [3.8, 4) is 0 Å². The lowest BCUT2D eigenvalue weighted by Gasteiger charge is -2.35. The Morgan fingerprint density at radius 1 is 1.37 bits per heavy atom. The quantitative estimate of drug-likeness (QED) is 0.890. The molecule has 1 fully saturated rings. The van der Waals surface area contributed by atoms with E-state index >= 15 is 0 Å². The Balaban J connectivity index is 2.17. The molecule has 4 heteroatoms. The zero-order chi connectivity index (χ0) is 13.8. The Hall–Kier alpha value is -1.39. The third kappa shape index (κ3) is 3.33. The summed E-state index contributed by atoms with van der Waals surface area (Å²) in [5.74, 6) is 0.159. The second kappa shape index (κ2) is 6.17. The molecule has 4 nitrogen and oxygen atoms in total. The van der Waals surface area contributed by atoms with E-state index < -0.39 is 0 Å². The Morgan fingerprint density at radius 3 is 2.63 bits per heavy atom. The molecule has 104 valence electrons. The molecular formula is C15H23N3O. The van der Waals surface area contributed by atoms with Gasteiger partial charge in [-0.1, -0.05) is 30.3 Å². The SMILES string of the molecule is CN(C)C(C(=O)N1CCCC(N)C1)c1ccccc1. The van der Waals surface area contributed by atoms with Gasteiger partial charge in [0.05, 0.1) is 0 Å². The fourth-order valence-corrected chi connectivity index (χ4v) is 2.68. The summed E-state index contributed by atoms with van der Waals surface area (Å²) in [7, 11) is 3.89. The van der Waals surface area contributed by atoms with E-state index in [2.05, 4.69) is 0 Å². The van der Waals surface area contributed by atoms with E-state index in [0.29, 0.717) is 6.54 Å². The Labute approximate surface area is 115 Å². The summed E-state index contributed by atoms with van der Waals surface area (Å²) in [5.41, 5.74) is 7.01. The minimum Gasteiger partial charge on any atom is -0.339 e. The Morgan fingerprint density at radius 2 is 2.05 bits per heavy atom. The van der Waals surface area contributed by atoms with Crippen molar-refractivity contribution in [1.82, 2.24) is 9.80 Å². The number of benzene rings is 1. The van der Waals surface area contributed by atoms with E-state index in [1.165, 1.54) is 0 Å². The molecule has 0 spiro atoms. The monoisotopic (exact) mass is 261 g/mol. The van der Waals surface area contributed by atoms with Crippen LogP contribution in [0.15, 0.2) is 30.3 Å². The van der Waals surface area contributed by atoms with Crippen LogP contribution in [0.3, 0.4) is 0 Å². The lowest BCUT2D eigenvalue weighted by atomic mass is 10.0. The number of nitrogens with two attached hydrogens (primary N) is 1. The van der Waals surface area contributed by atoms with E-state index in [0.717, 1.165) is 24.9 Å². The summed E-state index contributed by atoms with van der Waals surface area (Å²) in [6.45, 7) is 1.50. The van der Waals surface area contributed by atoms with Gasteiger partial charge in [-0.3, -0.25) is 9.69 Å². The van der Waals surface area contributed by atoms with E-state index in [-0.39, 0.29) is 18.0 Å². The first-order chi connectivity index (χ1) is 9.09. The third-order valence-electron chi connectivity index (χ3n) is 3.64. The van der Waals surface area contributed by atoms with Gasteiger partial charge in [0.2, 0.25) is 5.91 Å². The molecule has 1 aliphatic rings. The Kier molecular flexibility index (Phi) is 4.56. The second-order valence-corrected chi connectivity index (χ2v) is 5.46. The van der Waals surface area contributed by atoms with Crippen molar-refractivity contribution in [1.29, 1.82) is 0 Å². The van der Waals surface area contributed by atoms with Crippen LogP contribution in [-0.4, -0.2) is 48.9 Å². The number of carbonyl (C=O) groups excluding carboxylic acids is 1. The largest absolute Gasteiger partial charge is 0.339 e. The fourth-order valence-electron chi connectivity index (χ4n) is 2.68. The summed E-state index contributed by atoms with van der Waals surface area (Å²) >= 11 is 0. The van der Waals surface area contributed by atoms with E-state index in [1.807, 2.05) is 54.2 Å². The highest BCUT2D eigenvalue weighted by molar-refractivity contribution is 5.83. The van der Waals surface area contributed by atoms with Gasteiger partial charge in [0, 0.05) is 19.1 Å². The van der Waals surface area contributed by atoms with E-state index in [4.69, 9.17) is 5.73 Å². The van der Waals surface area contributed by atoms with Gasteiger partial charge in [0.1, 0.15) is 6.04 Å². The van der Waals surface area contributed by atoms with Gasteiger partial charge in [0.25, 0.3) is 0 Å². The first-order valence-electron chi connectivity index (χ1n) is 6.85. The van der Waals surface area contributed by atoms with Crippen molar-refractivity contribution in [3.63, 3.8) is 0 Å². The highest BCUT2D eigenvalue weighted by atomic mass is 16.2. The van der Waals surface area contributed by atoms with Crippen LogP contribution >= 0.6 is 0 Å². The lowest BCUT2D eigenvalue weighted by molar-refractivity contribution is -0.137. The molecule has 2 atom stereocenters. The molecule has 0 aliphatic carbocycles. The van der Waals surface area contributed by atoms with Crippen LogP contribution in [0.4, 0.5) is 0 Å². The van der Waals surface area contributed by atoms with Crippen LogP contribution in [0.5, 0.6) is 0 Å². The Bertz CT molecular complexity index is 419. The van der Waals surface area contributed by atoms with Crippen LogP contribution in [0.1, 0.15) is 24.4 Å². The zero-order valence-electron chi connectivity index (χ0n) is 11.7. The molecule has 1 heterocycles. The number of rotatable bonds is 3. The fraction of sp³-hybridized carbons (Fsp3) is 0.533. The molecular weight excluding hydrogens is 238 g/mol. The molecule has 0 aromatic heterocycles. The highest BCUT2D eigenvalue weighted by Crippen LogP contribution is 2.22. The van der Waals surface area contributed by atoms with Gasteiger partial charge < -0.3 is 10.6 Å². The maximum atomic E-state index is 12.7. The number of carbonyl (C=O) groups is 1. The predicted octanol–water partition coefficient (Wildman–Crippen LogP) is 1.24. The van der Waals surface area contributed by atoms with Crippen LogP contribution in [-0.2, 0) is 4.79 Å². The van der Waals surface area contributed by atoms with Crippen molar-refractivity contribution < 1.29 is 4.79 Å². The number of likely N-dealkylation sites (tertiary alicyclic amines) is 1. The molecule has 0 saturated carbocycles. The van der Waals surface area contributed by atoms with Gasteiger partial charge in [-0.15, -0.1) is 0 Å². The summed E-state index contributed by atoms with van der Waals surface area (Å²) in [5, 5.41) is 0. The molecule has 1 aromatic carbocycles. The topological polar surface area (TPSA) is 49.6 Å². The van der Waals surface area contributed by atoms with Gasteiger partial charge >= 0.3 is 0 Å². The summed E-state index contributed by atoms with van der Waals surface area (Å²) < 4.78 is 0. The molecule has 0 bridgehead atoms. The molecule has 1 aromatic rings. The van der Waals surface area contributed by atoms with Crippen LogP contribution in [0.2, 0.25) is 0 Å². The molecule has 1 aliphatic heterocycles. The van der Waals surface area contributed by atoms with Crippen LogP contribution in [0.25, 0.3) is 0 Å². The smallest absolute Gasteiger partial charge is 0.244 e. The van der Waals surface area contributed by atoms with Crippen molar-refractivity contribution in [2.75, 3.05) is 27.2 Å². The predicted molar refractivity (Wildman–Crippen MR) is 76.7 cm³/mol. The average Bonchev–Trinajstić information content (AvgIpc) is 2.39. The van der Waals surface area contributed by atoms with Crippen LogP contribution < -0.4 is 5.73 Å². The molecule has 19 heavy (non-hydrogen) atoms. The summed E-state index contributed by atoms with van der Waals surface area (Å²) in [4.78, 5) is 16.6. The minimum absolute atomic E-state index is 0.122. The average molecular weight is 261 g/mol. The first-order valence-corrected chi connectivity index (χ1v) is 6.85. The van der Waals surface area contributed by atoms with Gasteiger partial charge in [-0.25, -0.2) is 0 Å². The molecule has 2 rings (SSSR count). The van der Waals surface area contributed by atoms with Gasteiger partial charge in [-0.2, -0.15) is 0 Å². The number of nitrogens with zero attached hydrogens (tertiary/aromatic N) is 2. The summed E-state index contributed by atoms with van der Waals surface area (Å²) in [6.07, 6.45) is 2.02. The number of hydrogen-bond donors (Lipinski definition) is 1. The first kappa shape index (κ1) is 14.0. The minimum atomic E-state index is -0.216. The van der Waals surface area contributed by atoms with Crippen molar-refractivity contribution >= 4 is 5.91 Å². The zero-order valence-corrected chi connectivity index (χ0v) is 11.7. The van der Waals surface area contributed by atoms with Crippen molar-refractivity contribution in [2.24, 2.45) is 5.73 Å². The van der Waals surface area contributed by atoms with Crippen molar-refractivity contribution in [2.45, 2.75) is 24.9 Å². The number of piperidine rings is 1. The molecule has 0 radical (unpaired) electrons.